The number of nitrogen functional groups attached to an aromatic ring is 1. The summed E-state index contributed by atoms with van der Waals surface area (Å²) in [4.78, 5) is -0.322. The normalized spacial score (nSPS) is 11.1. The van der Waals surface area contributed by atoms with Gasteiger partial charge in [0.15, 0.2) is 0 Å². The first kappa shape index (κ1) is 14.9. The molecule has 0 bridgehead atoms. The van der Waals surface area contributed by atoms with Crippen LogP contribution in [0.4, 0.5) is 14.5 Å². The van der Waals surface area contributed by atoms with Crippen LogP contribution >= 0.6 is 0 Å². The Kier molecular flexibility index (Phi) is 3.90. The number of hydrogen-bond acceptors (Lipinski definition) is 3. The van der Waals surface area contributed by atoms with Gasteiger partial charge in [-0.2, -0.15) is 0 Å². The van der Waals surface area contributed by atoms with Gasteiger partial charge < -0.3 is 5.73 Å². The number of nitrogens with one attached hydrogen (secondary N) is 2. The van der Waals surface area contributed by atoms with Crippen molar-refractivity contribution >= 4 is 21.5 Å². The molecular weight excluding hydrogens is 300 g/mol. The molecule has 110 valence electrons. The number of anilines is 1. The Morgan fingerprint density at radius 3 is 2.43 bits per heavy atom. The Morgan fingerprint density at radius 2 is 1.86 bits per heavy atom. The molecule has 0 saturated heterocycles. The van der Waals surface area contributed by atoms with Crippen molar-refractivity contribution in [3.05, 3.63) is 59.7 Å². The highest BCUT2D eigenvalue weighted by atomic mass is 32.2. The molecule has 0 heterocycles. The van der Waals surface area contributed by atoms with Gasteiger partial charge in [-0.1, -0.05) is 6.07 Å². The number of amidine groups is 1. The molecule has 0 aliphatic carbocycles. The van der Waals surface area contributed by atoms with Crippen molar-refractivity contribution in [2.45, 2.75) is 4.90 Å². The molecule has 2 aromatic carbocycles. The minimum absolute atomic E-state index is 0.126. The number of nitrogens with two attached hydrogens (primary N) is 1. The van der Waals surface area contributed by atoms with Crippen molar-refractivity contribution in [3.8, 4) is 0 Å². The summed E-state index contributed by atoms with van der Waals surface area (Å²) < 4.78 is 52.9. The Hall–Kier alpha value is -2.48. The van der Waals surface area contributed by atoms with E-state index >= 15 is 0 Å². The maximum Gasteiger partial charge on any atom is 0.262 e. The average molecular weight is 311 g/mol. The fourth-order valence-electron chi connectivity index (χ4n) is 1.60. The van der Waals surface area contributed by atoms with Crippen LogP contribution in [0.5, 0.6) is 0 Å². The second-order valence-electron chi connectivity index (χ2n) is 4.17. The molecule has 0 amide bonds. The van der Waals surface area contributed by atoms with E-state index in [9.17, 15) is 17.2 Å². The fraction of sp³-hybridized carbons (Fsp3) is 0. The van der Waals surface area contributed by atoms with E-state index in [1.807, 2.05) is 4.72 Å². The number of halogens is 2. The van der Waals surface area contributed by atoms with Crippen LogP contribution in [-0.4, -0.2) is 14.3 Å². The third-order valence-corrected chi connectivity index (χ3v) is 3.99. The van der Waals surface area contributed by atoms with Gasteiger partial charge in [0.05, 0.1) is 10.6 Å². The molecule has 8 heteroatoms. The molecule has 0 aliphatic rings. The van der Waals surface area contributed by atoms with Gasteiger partial charge in [-0.05, 0) is 36.4 Å². The van der Waals surface area contributed by atoms with Crippen LogP contribution in [0.15, 0.2) is 47.4 Å². The van der Waals surface area contributed by atoms with E-state index in [1.165, 1.54) is 18.2 Å². The Balaban J connectivity index is 2.35. The van der Waals surface area contributed by atoms with Gasteiger partial charge in [0.1, 0.15) is 17.5 Å². The summed E-state index contributed by atoms with van der Waals surface area (Å²) in [6.07, 6.45) is 0. The van der Waals surface area contributed by atoms with Gasteiger partial charge in [-0.25, -0.2) is 17.2 Å². The summed E-state index contributed by atoms with van der Waals surface area (Å²) in [5, 5.41) is 7.17. The van der Waals surface area contributed by atoms with Crippen molar-refractivity contribution in [2.24, 2.45) is 5.73 Å². The molecule has 0 fully saturated rings. The van der Waals surface area contributed by atoms with Crippen molar-refractivity contribution in [1.29, 1.82) is 5.41 Å². The number of benzene rings is 2. The molecule has 0 unspecified atom stereocenters. The van der Waals surface area contributed by atoms with Gasteiger partial charge in [-0.3, -0.25) is 10.1 Å². The van der Waals surface area contributed by atoms with Crippen LogP contribution in [0, 0.1) is 17.0 Å². The quantitative estimate of drug-likeness (QED) is 0.595. The lowest BCUT2D eigenvalue weighted by atomic mass is 10.2. The molecule has 21 heavy (non-hydrogen) atoms. The van der Waals surface area contributed by atoms with E-state index in [1.54, 1.807) is 0 Å². The maximum absolute atomic E-state index is 13.8. The van der Waals surface area contributed by atoms with E-state index < -0.39 is 21.7 Å². The van der Waals surface area contributed by atoms with E-state index in [0.29, 0.717) is 0 Å². The summed E-state index contributed by atoms with van der Waals surface area (Å²) in [6.45, 7) is 0. The Bertz CT molecular complexity index is 807. The Labute approximate surface area is 120 Å². The zero-order chi connectivity index (χ0) is 15.6. The first-order valence-electron chi connectivity index (χ1n) is 5.72. The maximum atomic E-state index is 13.8. The van der Waals surface area contributed by atoms with Gasteiger partial charge in [0.25, 0.3) is 10.0 Å². The van der Waals surface area contributed by atoms with Gasteiger partial charge in [-0.15, -0.1) is 0 Å². The third kappa shape index (κ3) is 3.34. The van der Waals surface area contributed by atoms with Crippen LogP contribution in [0.1, 0.15) is 5.56 Å². The highest BCUT2D eigenvalue weighted by Crippen LogP contribution is 2.20. The van der Waals surface area contributed by atoms with Crippen molar-refractivity contribution in [2.75, 3.05) is 4.72 Å². The molecule has 2 rings (SSSR count). The van der Waals surface area contributed by atoms with Crippen molar-refractivity contribution in [1.82, 2.24) is 0 Å². The molecule has 0 saturated carbocycles. The lowest BCUT2D eigenvalue weighted by molar-refractivity contribution is 0.593. The second-order valence-corrected chi connectivity index (χ2v) is 5.85. The first-order chi connectivity index (χ1) is 9.79. The summed E-state index contributed by atoms with van der Waals surface area (Å²) in [7, 11) is -4.11. The highest BCUT2D eigenvalue weighted by Gasteiger charge is 2.17. The van der Waals surface area contributed by atoms with Gasteiger partial charge in [0.2, 0.25) is 0 Å². The van der Waals surface area contributed by atoms with Crippen molar-refractivity contribution < 1.29 is 17.2 Å². The molecule has 0 spiro atoms. The monoisotopic (exact) mass is 311 g/mol. The smallest absolute Gasteiger partial charge is 0.262 e. The topological polar surface area (TPSA) is 96.0 Å². The van der Waals surface area contributed by atoms with E-state index in [2.05, 4.69) is 0 Å². The van der Waals surface area contributed by atoms with Gasteiger partial charge in [0, 0.05) is 5.56 Å². The summed E-state index contributed by atoms with van der Waals surface area (Å²) in [6, 6.07) is 7.72. The minimum Gasteiger partial charge on any atom is -0.384 e. The molecule has 0 aliphatic heterocycles. The SMILES string of the molecule is N=C(N)c1ccc(NS(=O)(=O)c2cccc(F)c2)c(F)c1. The average Bonchev–Trinajstić information content (AvgIpc) is 2.40. The van der Waals surface area contributed by atoms with Crippen LogP contribution in [0.25, 0.3) is 0 Å². The molecule has 5 nitrogen and oxygen atoms in total. The third-order valence-electron chi connectivity index (χ3n) is 2.63. The molecule has 4 N–H and O–H groups in total. The molecule has 0 atom stereocenters. The fourth-order valence-corrected chi connectivity index (χ4v) is 2.70. The largest absolute Gasteiger partial charge is 0.384 e. The van der Waals surface area contributed by atoms with Crippen LogP contribution in [0.2, 0.25) is 0 Å². The lowest BCUT2D eigenvalue weighted by Crippen LogP contribution is -2.15. The number of hydrogen-bond donors (Lipinski definition) is 3. The van der Waals surface area contributed by atoms with E-state index in [-0.39, 0.29) is 22.0 Å². The molecule has 0 radical (unpaired) electrons. The van der Waals surface area contributed by atoms with Crippen LogP contribution < -0.4 is 10.5 Å². The highest BCUT2D eigenvalue weighted by molar-refractivity contribution is 7.92. The van der Waals surface area contributed by atoms with E-state index in [4.69, 9.17) is 11.1 Å². The van der Waals surface area contributed by atoms with E-state index in [0.717, 1.165) is 24.3 Å². The van der Waals surface area contributed by atoms with Crippen LogP contribution in [-0.2, 0) is 10.0 Å². The zero-order valence-corrected chi connectivity index (χ0v) is 11.4. The van der Waals surface area contributed by atoms with Crippen molar-refractivity contribution in [3.63, 3.8) is 0 Å². The first-order valence-corrected chi connectivity index (χ1v) is 7.20. The Morgan fingerprint density at radius 1 is 1.14 bits per heavy atom. The summed E-state index contributed by atoms with van der Waals surface area (Å²) >= 11 is 0. The number of sulfonamides is 1. The predicted octanol–water partition coefficient (Wildman–Crippen LogP) is 2.05. The second kappa shape index (κ2) is 5.49. The lowest BCUT2D eigenvalue weighted by Gasteiger charge is -2.10. The van der Waals surface area contributed by atoms with Gasteiger partial charge >= 0.3 is 0 Å². The molecule has 0 aromatic heterocycles. The minimum atomic E-state index is -4.11. The summed E-state index contributed by atoms with van der Waals surface area (Å²) in [5.74, 6) is -1.94. The zero-order valence-electron chi connectivity index (χ0n) is 10.6. The number of rotatable bonds is 4. The molecular formula is C13H11F2N3O2S. The molecule has 2 aromatic rings. The predicted molar refractivity (Wildman–Crippen MR) is 74.6 cm³/mol. The summed E-state index contributed by atoms with van der Waals surface area (Å²) in [5.41, 5.74) is 5.01. The standard InChI is InChI=1S/C13H11F2N3O2S/c14-9-2-1-3-10(7-9)21(19,20)18-12-5-4-8(13(16)17)6-11(12)15/h1-7,18H,(H3,16,17). The van der Waals surface area contributed by atoms with Crippen LogP contribution in [0.3, 0.4) is 0 Å².